The minimum Gasteiger partial charge on any atom is -0.550 e. The van der Waals surface area contributed by atoms with Crippen molar-refractivity contribution < 1.29 is 19.4 Å². The lowest BCUT2D eigenvalue weighted by atomic mass is 10.1. The second-order valence-electron chi connectivity index (χ2n) is 4.43. The first-order valence-electron chi connectivity index (χ1n) is 6.32. The molecule has 0 bridgehead atoms. The van der Waals surface area contributed by atoms with Gasteiger partial charge in [-0.2, -0.15) is 0 Å². The molecule has 0 aliphatic heterocycles. The molecule has 0 spiro atoms. The van der Waals surface area contributed by atoms with E-state index in [4.69, 9.17) is 4.74 Å². The number of carbonyl (C=O) groups excluding carboxylic acids is 2. The van der Waals surface area contributed by atoms with Gasteiger partial charge in [0.1, 0.15) is 5.75 Å². The van der Waals surface area contributed by atoms with Crippen molar-refractivity contribution in [3.05, 3.63) is 59.7 Å². The Morgan fingerprint density at radius 2 is 1.67 bits per heavy atom. The van der Waals surface area contributed by atoms with Crippen molar-refractivity contribution >= 4 is 17.6 Å². The van der Waals surface area contributed by atoms with Gasteiger partial charge in [-0.15, -0.1) is 0 Å². The first kappa shape index (κ1) is 14.6. The maximum Gasteiger partial charge on any atom is 0.255 e. The Labute approximate surface area is 122 Å². The molecule has 0 aliphatic rings. The van der Waals surface area contributed by atoms with E-state index in [9.17, 15) is 14.7 Å². The summed E-state index contributed by atoms with van der Waals surface area (Å²) in [6, 6.07) is 13.3. The first-order valence-corrected chi connectivity index (χ1v) is 6.32. The number of ether oxygens (including phenoxy) is 1. The summed E-state index contributed by atoms with van der Waals surface area (Å²) >= 11 is 0. The number of carboxylic acid groups (broad SMARTS) is 1. The predicted molar refractivity (Wildman–Crippen MR) is 76.1 cm³/mol. The van der Waals surface area contributed by atoms with Crippen LogP contribution in [-0.2, 0) is 11.2 Å². The van der Waals surface area contributed by atoms with Gasteiger partial charge in [0.2, 0.25) is 0 Å². The molecule has 5 heteroatoms. The fourth-order valence-corrected chi connectivity index (χ4v) is 1.82. The van der Waals surface area contributed by atoms with E-state index in [1.165, 1.54) is 0 Å². The maximum absolute atomic E-state index is 12.0. The van der Waals surface area contributed by atoms with E-state index in [1.54, 1.807) is 55.6 Å². The van der Waals surface area contributed by atoms with Gasteiger partial charge in [0.15, 0.2) is 0 Å². The molecule has 1 N–H and O–H groups in total. The van der Waals surface area contributed by atoms with E-state index in [0.717, 1.165) is 0 Å². The lowest BCUT2D eigenvalue weighted by Gasteiger charge is -2.07. The average Bonchev–Trinajstić information content (AvgIpc) is 2.49. The Morgan fingerprint density at radius 3 is 2.19 bits per heavy atom. The summed E-state index contributed by atoms with van der Waals surface area (Å²) in [5.74, 6) is -0.700. The Morgan fingerprint density at radius 1 is 1.05 bits per heavy atom. The van der Waals surface area contributed by atoms with Gasteiger partial charge < -0.3 is 20.0 Å². The molecule has 2 aromatic rings. The van der Waals surface area contributed by atoms with Crippen molar-refractivity contribution in [3.8, 4) is 5.75 Å². The zero-order chi connectivity index (χ0) is 15.2. The van der Waals surface area contributed by atoms with Crippen LogP contribution in [0.5, 0.6) is 5.75 Å². The molecule has 2 aromatic carbocycles. The molecule has 0 saturated heterocycles. The van der Waals surface area contributed by atoms with Gasteiger partial charge in [-0.3, -0.25) is 4.79 Å². The van der Waals surface area contributed by atoms with Gasteiger partial charge in [-0.05, 0) is 42.0 Å². The van der Waals surface area contributed by atoms with Crippen molar-refractivity contribution in [1.29, 1.82) is 0 Å². The Balaban J connectivity index is 2.03. The van der Waals surface area contributed by atoms with Crippen LogP contribution in [0.25, 0.3) is 0 Å². The minimum atomic E-state index is -1.13. The molecule has 1 amide bonds. The topological polar surface area (TPSA) is 78.5 Å². The number of hydrogen-bond donors (Lipinski definition) is 1. The number of hydrogen-bond acceptors (Lipinski definition) is 4. The van der Waals surface area contributed by atoms with Gasteiger partial charge in [0.25, 0.3) is 5.91 Å². The number of carboxylic acids is 1. The van der Waals surface area contributed by atoms with Crippen LogP contribution in [-0.4, -0.2) is 19.0 Å². The summed E-state index contributed by atoms with van der Waals surface area (Å²) < 4.78 is 5.03. The van der Waals surface area contributed by atoms with Gasteiger partial charge in [-0.1, -0.05) is 12.1 Å². The Bertz CT molecular complexity index is 632. The normalized spacial score (nSPS) is 9.95. The van der Waals surface area contributed by atoms with E-state index in [1.807, 2.05) is 0 Å². The van der Waals surface area contributed by atoms with Crippen molar-refractivity contribution in [3.63, 3.8) is 0 Å². The number of carbonyl (C=O) groups is 2. The van der Waals surface area contributed by atoms with Crippen LogP contribution in [0.15, 0.2) is 48.5 Å². The van der Waals surface area contributed by atoms with Crippen LogP contribution >= 0.6 is 0 Å². The van der Waals surface area contributed by atoms with Crippen LogP contribution in [0.4, 0.5) is 5.69 Å². The second-order valence-corrected chi connectivity index (χ2v) is 4.43. The fourth-order valence-electron chi connectivity index (χ4n) is 1.82. The SMILES string of the molecule is COc1ccc(C(=O)Nc2ccc(CC(=O)[O-])cc2)cc1. The Hall–Kier alpha value is -2.82. The van der Waals surface area contributed by atoms with Gasteiger partial charge in [-0.25, -0.2) is 0 Å². The van der Waals surface area contributed by atoms with E-state index >= 15 is 0 Å². The number of aliphatic carboxylic acids is 1. The van der Waals surface area contributed by atoms with Crippen molar-refractivity contribution in [2.75, 3.05) is 12.4 Å². The smallest absolute Gasteiger partial charge is 0.255 e. The maximum atomic E-state index is 12.0. The Kier molecular flexibility index (Phi) is 4.56. The van der Waals surface area contributed by atoms with Crippen molar-refractivity contribution in [2.24, 2.45) is 0 Å². The highest BCUT2D eigenvalue weighted by Gasteiger charge is 2.06. The van der Waals surface area contributed by atoms with Crippen molar-refractivity contribution in [2.45, 2.75) is 6.42 Å². The third kappa shape index (κ3) is 4.07. The fraction of sp³-hybridized carbons (Fsp3) is 0.125. The number of nitrogens with one attached hydrogen (secondary N) is 1. The molecule has 0 fully saturated rings. The molecule has 0 atom stereocenters. The van der Waals surface area contributed by atoms with E-state index < -0.39 is 5.97 Å². The molecule has 108 valence electrons. The average molecular weight is 284 g/mol. The quantitative estimate of drug-likeness (QED) is 0.896. The van der Waals surface area contributed by atoms with Crippen LogP contribution in [0, 0.1) is 0 Å². The van der Waals surface area contributed by atoms with Crippen LogP contribution in [0.2, 0.25) is 0 Å². The van der Waals surface area contributed by atoms with Gasteiger partial charge >= 0.3 is 0 Å². The van der Waals surface area contributed by atoms with Crippen LogP contribution in [0.1, 0.15) is 15.9 Å². The van der Waals surface area contributed by atoms with Crippen LogP contribution < -0.4 is 15.2 Å². The molecule has 21 heavy (non-hydrogen) atoms. The third-order valence-electron chi connectivity index (χ3n) is 2.91. The first-order chi connectivity index (χ1) is 10.1. The number of anilines is 1. The monoisotopic (exact) mass is 284 g/mol. The van der Waals surface area contributed by atoms with Gasteiger partial charge in [0.05, 0.1) is 7.11 Å². The molecule has 0 unspecified atom stereocenters. The molecular weight excluding hydrogens is 270 g/mol. The number of rotatable bonds is 5. The lowest BCUT2D eigenvalue weighted by molar-refractivity contribution is -0.304. The number of benzene rings is 2. The van der Waals surface area contributed by atoms with E-state index in [-0.39, 0.29) is 12.3 Å². The molecule has 5 nitrogen and oxygen atoms in total. The molecular formula is C16H14NO4-. The largest absolute Gasteiger partial charge is 0.550 e. The highest BCUT2D eigenvalue weighted by atomic mass is 16.5. The predicted octanol–water partition coefficient (Wildman–Crippen LogP) is 1.24. The summed E-state index contributed by atoms with van der Waals surface area (Å²) in [5, 5.41) is 13.2. The van der Waals surface area contributed by atoms with Gasteiger partial charge in [0, 0.05) is 23.6 Å². The molecule has 0 aromatic heterocycles. The lowest BCUT2D eigenvalue weighted by Crippen LogP contribution is -2.24. The third-order valence-corrected chi connectivity index (χ3v) is 2.91. The standard InChI is InChI=1S/C16H15NO4/c1-21-14-8-4-12(5-9-14)16(20)17-13-6-2-11(3-7-13)10-15(18)19/h2-9H,10H2,1H3,(H,17,20)(H,18,19)/p-1. The summed E-state index contributed by atoms with van der Waals surface area (Å²) in [6.07, 6.45) is -0.146. The summed E-state index contributed by atoms with van der Waals surface area (Å²) in [5.41, 5.74) is 1.73. The zero-order valence-electron chi connectivity index (χ0n) is 11.5. The highest BCUT2D eigenvalue weighted by molar-refractivity contribution is 6.04. The highest BCUT2D eigenvalue weighted by Crippen LogP contribution is 2.14. The second kappa shape index (κ2) is 6.56. The zero-order valence-corrected chi connectivity index (χ0v) is 11.5. The molecule has 0 heterocycles. The summed E-state index contributed by atoms with van der Waals surface area (Å²) in [6.45, 7) is 0. The number of methoxy groups -OCH3 is 1. The molecule has 2 rings (SSSR count). The van der Waals surface area contributed by atoms with E-state index in [0.29, 0.717) is 22.6 Å². The minimum absolute atomic E-state index is 0.146. The van der Waals surface area contributed by atoms with E-state index in [2.05, 4.69) is 5.32 Å². The van der Waals surface area contributed by atoms with Crippen molar-refractivity contribution in [1.82, 2.24) is 0 Å². The molecule has 0 aliphatic carbocycles. The molecule has 0 radical (unpaired) electrons. The molecule has 0 saturated carbocycles. The van der Waals surface area contributed by atoms with Crippen LogP contribution in [0.3, 0.4) is 0 Å². The summed E-state index contributed by atoms with van der Waals surface area (Å²) in [7, 11) is 1.56. The number of amides is 1. The summed E-state index contributed by atoms with van der Waals surface area (Å²) in [4.78, 5) is 22.5.